The van der Waals surface area contributed by atoms with Crippen LogP contribution >= 0.6 is 11.8 Å². The molecule has 1 heterocycles. The van der Waals surface area contributed by atoms with Crippen LogP contribution < -0.4 is 5.73 Å². The third kappa shape index (κ3) is 2.82. The lowest BCUT2D eigenvalue weighted by Crippen LogP contribution is -2.42. The van der Waals surface area contributed by atoms with Gasteiger partial charge in [-0.1, -0.05) is 30.3 Å². The van der Waals surface area contributed by atoms with E-state index in [1.165, 1.54) is 0 Å². The van der Waals surface area contributed by atoms with Crippen LogP contribution in [-0.2, 0) is 4.79 Å². The summed E-state index contributed by atoms with van der Waals surface area (Å²) < 4.78 is 0. The van der Waals surface area contributed by atoms with Gasteiger partial charge in [0.25, 0.3) is 0 Å². The summed E-state index contributed by atoms with van der Waals surface area (Å²) >= 11 is 1.90. The third-order valence-electron chi connectivity index (χ3n) is 3.23. The largest absolute Gasteiger partial charge is 0.340 e. The van der Waals surface area contributed by atoms with Crippen molar-refractivity contribution in [1.29, 1.82) is 0 Å². The molecular weight excluding hydrogens is 232 g/mol. The number of carbonyl (C=O) groups excluding carboxylic acids is 1. The van der Waals surface area contributed by atoms with Gasteiger partial charge >= 0.3 is 0 Å². The van der Waals surface area contributed by atoms with Crippen LogP contribution in [0.4, 0.5) is 0 Å². The highest BCUT2D eigenvalue weighted by atomic mass is 32.2. The molecule has 0 aromatic heterocycles. The second-order valence-electron chi connectivity index (χ2n) is 4.35. The van der Waals surface area contributed by atoms with E-state index in [4.69, 9.17) is 5.73 Å². The van der Waals surface area contributed by atoms with Gasteiger partial charge in [0.05, 0.1) is 0 Å². The fourth-order valence-corrected chi connectivity index (χ4v) is 3.30. The van der Waals surface area contributed by atoms with Gasteiger partial charge < -0.3 is 10.6 Å². The SMILES string of the molecule is CN(C(=O)[C@H](N)c1ccccc1)[C@H]1CCSC1. The van der Waals surface area contributed by atoms with Gasteiger partial charge in [0.1, 0.15) is 6.04 Å². The fourth-order valence-electron chi connectivity index (χ4n) is 2.03. The predicted molar refractivity (Wildman–Crippen MR) is 71.9 cm³/mol. The van der Waals surface area contributed by atoms with Crippen molar-refractivity contribution in [3.05, 3.63) is 35.9 Å². The summed E-state index contributed by atoms with van der Waals surface area (Å²) in [4.78, 5) is 14.0. The molecule has 0 bridgehead atoms. The molecule has 1 aliphatic heterocycles. The van der Waals surface area contributed by atoms with E-state index in [-0.39, 0.29) is 5.91 Å². The van der Waals surface area contributed by atoms with Crippen molar-refractivity contribution in [3.63, 3.8) is 0 Å². The minimum absolute atomic E-state index is 0.0173. The van der Waals surface area contributed by atoms with E-state index in [2.05, 4.69) is 0 Å². The molecule has 0 unspecified atom stereocenters. The Labute approximate surface area is 106 Å². The molecule has 0 saturated carbocycles. The van der Waals surface area contributed by atoms with Gasteiger partial charge in [-0.25, -0.2) is 0 Å². The zero-order valence-electron chi connectivity index (χ0n) is 10.0. The van der Waals surface area contributed by atoms with Crippen molar-refractivity contribution in [2.24, 2.45) is 5.73 Å². The Morgan fingerprint density at radius 1 is 1.47 bits per heavy atom. The highest BCUT2D eigenvalue weighted by molar-refractivity contribution is 7.99. The number of nitrogens with zero attached hydrogens (tertiary/aromatic N) is 1. The van der Waals surface area contributed by atoms with Gasteiger partial charge in [-0.2, -0.15) is 11.8 Å². The van der Waals surface area contributed by atoms with Crippen LogP contribution in [0.2, 0.25) is 0 Å². The van der Waals surface area contributed by atoms with Crippen LogP contribution in [0.15, 0.2) is 30.3 Å². The van der Waals surface area contributed by atoms with E-state index < -0.39 is 6.04 Å². The minimum Gasteiger partial charge on any atom is -0.340 e. The maximum atomic E-state index is 12.2. The first-order chi connectivity index (χ1) is 8.20. The quantitative estimate of drug-likeness (QED) is 0.887. The fraction of sp³-hybridized carbons (Fsp3) is 0.462. The Bertz CT molecular complexity index is 376. The van der Waals surface area contributed by atoms with Gasteiger partial charge in [-0.05, 0) is 17.7 Å². The number of carbonyl (C=O) groups is 1. The summed E-state index contributed by atoms with van der Waals surface area (Å²) in [7, 11) is 1.86. The average molecular weight is 250 g/mol. The van der Waals surface area contributed by atoms with Crippen LogP contribution in [0.5, 0.6) is 0 Å². The first kappa shape index (κ1) is 12.5. The second kappa shape index (κ2) is 5.56. The van der Waals surface area contributed by atoms with Crippen LogP contribution in [0.3, 0.4) is 0 Å². The van der Waals surface area contributed by atoms with Crippen LogP contribution in [-0.4, -0.2) is 35.4 Å². The molecule has 2 atom stereocenters. The Balaban J connectivity index is 2.04. The topological polar surface area (TPSA) is 46.3 Å². The summed E-state index contributed by atoms with van der Waals surface area (Å²) in [5, 5.41) is 0. The van der Waals surface area contributed by atoms with E-state index in [0.717, 1.165) is 23.5 Å². The first-order valence-corrected chi connectivity index (χ1v) is 7.00. The van der Waals surface area contributed by atoms with Gasteiger partial charge in [-0.3, -0.25) is 4.79 Å². The molecule has 1 aromatic rings. The molecule has 3 nitrogen and oxygen atoms in total. The molecule has 1 amide bonds. The maximum Gasteiger partial charge on any atom is 0.244 e. The van der Waals surface area contributed by atoms with Gasteiger partial charge in [0.15, 0.2) is 0 Å². The Morgan fingerprint density at radius 3 is 2.76 bits per heavy atom. The molecule has 2 N–H and O–H groups in total. The summed E-state index contributed by atoms with van der Waals surface area (Å²) in [6.45, 7) is 0. The average Bonchev–Trinajstić information content (AvgIpc) is 2.91. The van der Waals surface area contributed by atoms with Crippen LogP contribution in [0.25, 0.3) is 0 Å². The van der Waals surface area contributed by atoms with Crippen molar-refractivity contribution in [2.75, 3.05) is 18.6 Å². The molecule has 1 fully saturated rings. The summed E-state index contributed by atoms with van der Waals surface area (Å²) in [5.41, 5.74) is 6.89. The molecule has 17 heavy (non-hydrogen) atoms. The minimum atomic E-state index is -0.535. The lowest BCUT2D eigenvalue weighted by Gasteiger charge is -2.26. The normalized spacial score (nSPS) is 21.2. The molecule has 1 aliphatic rings. The number of likely N-dealkylation sites (N-methyl/N-ethyl adjacent to an activating group) is 1. The van der Waals surface area contributed by atoms with Crippen molar-refractivity contribution < 1.29 is 4.79 Å². The monoisotopic (exact) mass is 250 g/mol. The molecule has 1 saturated heterocycles. The molecule has 92 valence electrons. The number of nitrogens with two attached hydrogens (primary N) is 1. The first-order valence-electron chi connectivity index (χ1n) is 5.85. The van der Waals surface area contributed by atoms with Gasteiger partial charge in [-0.15, -0.1) is 0 Å². The number of benzene rings is 1. The third-order valence-corrected chi connectivity index (χ3v) is 4.37. The lowest BCUT2D eigenvalue weighted by atomic mass is 10.1. The van der Waals surface area contributed by atoms with Crippen LogP contribution in [0.1, 0.15) is 18.0 Å². The van der Waals surface area contributed by atoms with E-state index in [1.807, 2.05) is 54.0 Å². The van der Waals surface area contributed by atoms with Gasteiger partial charge in [0.2, 0.25) is 5.91 Å². The van der Waals surface area contributed by atoms with E-state index >= 15 is 0 Å². The zero-order chi connectivity index (χ0) is 12.3. The molecule has 0 radical (unpaired) electrons. The number of amides is 1. The van der Waals surface area contributed by atoms with E-state index in [1.54, 1.807) is 0 Å². The number of hydrogen-bond acceptors (Lipinski definition) is 3. The molecular formula is C13H18N2OS. The number of hydrogen-bond donors (Lipinski definition) is 1. The Hall–Kier alpha value is -1.00. The predicted octanol–water partition coefficient (Wildman–Crippen LogP) is 1.65. The smallest absolute Gasteiger partial charge is 0.244 e. The van der Waals surface area contributed by atoms with Crippen molar-refractivity contribution in [2.45, 2.75) is 18.5 Å². The highest BCUT2D eigenvalue weighted by Gasteiger charge is 2.27. The highest BCUT2D eigenvalue weighted by Crippen LogP contribution is 2.23. The van der Waals surface area contributed by atoms with E-state index in [0.29, 0.717) is 6.04 Å². The van der Waals surface area contributed by atoms with Crippen molar-refractivity contribution in [3.8, 4) is 0 Å². The van der Waals surface area contributed by atoms with Crippen molar-refractivity contribution in [1.82, 2.24) is 4.90 Å². The summed E-state index contributed by atoms with van der Waals surface area (Å²) in [6.07, 6.45) is 1.08. The zero-order valence-corrected chi connectivity index (χ0v) is 10.8. The molecule has 0 aliphatic carbocycles. The number of thioether (sulfide) groups is 1. The van der Waals surface area contributed by atoms with Crippen LogP contribution in [0, 0.1) is 0 Å². The second-order valence-corrected chi connectivity index (χ2v) is 5.50. The molecule has 2 rings (SSSR count). The number of rotatable bonds is 3. The molecule has 0 spiro atoms. The Kier molecular flexibility index (Phi) is 4.07. The lowest BCUT2D eigenvalue weighted by molar-refractivity contribution is -0.133. The van der Waals surface area contributed by atoms with E-state index in [9.17, 15) is 4.79 Å². The molecule has 1 aromatic carbocycles. The maximum absolute atomic E-state index is 12.2. The molecule has 4 heteroatoms. The van der Waals surface area contributed by atoms with Gasteiger partial charge in [0, 0.05) is 18.8 Å². The Morgan fingerprint density at radius 2 is 2.18 bits per heavy atom. The summed E-state index contributed by atoms with van der Waals surface area (Å²) in [6, 6.07) is 9.37. The van der Waals surface area contributed by atoms with Crippen molar-refractivity contribution >= 4 is 17.7 Å². The summed E-state index contributed by atoms with van der Waals surface area (Å²) in [5.74, 6) is 2.19. The standard InChI is InChI=1S/C13H18N2OS/c1-15(11-7-8-17-9-11)13(16)12(14)10-5-3-2-4-6-10/h2-6,11-12H,7-9,14H2,1H3/t11-,12+/m0/s1.